The molecular formula is C9H10BrF2N. The molecule has 1 nitrogen and oxygen atoms in total. The van der Waals surface area contributed by atoms with Crippen LogP contribution in [0.25, 0.3) is 0 Å². The fourth-order valence-electron chi connectivity index (χ4n) is 1.08. The van der Waals surface area contributed by atoms with Crippen LogP contribution >= 0.6 is 15.9 Å². The Balaban J connectivity index is 2.96. The third-order valence-electron chi connectivity index (χ3n) is 1.77. The van der Waals surface area contributed by atoms with Crippen molar-refractivity contribution in [3.8, 4) is 0 Å². The average molecular weight is 250 g/mol. The largest absolute Gasteiger partial charge is 0.330 e. The minimum Gasteiger partial charge on any atom is -0.330 e. The van der Waals surface area contributed by atoms with Gasteiger partial charge in [0, 0.05) is 5.56 Å². The van der Waals surface area contributed by atoms with Crippen molar-refractivity contribution in [2.24, 2.45) is 5.73 Å². The molecule has 0 fully saturated rings. The molecule has 1 aromatic carbocycles. The molecule has 0 spiro atoms. The third-order valence-corrected chi connectivity index (χ3v) is 2.38. The van der Waals surface area contributed by atoms with Gasteiger partial charge in [-0.2, -0.15) is 0 Å². The Labute approximate surface area is 84.1 Å². The number of nitrogens with two attached hydrogens (primary N) is 1. The van der Waals surface area contributed by atoms with Crippen molar-refractivity contribution in [3.63, 3.8) is 0 Å². The highest BCUT2D eigenvalue weighted by Crippen LogP contribution is 2.22. The van der Waals surface area contributed by atoms with Crippen LogP contribution in [0.15, 0.2) is 16.6 Å². The van der Waals surface area contributed by atoms with Gasteiger partial charge in [0.1, 0.15) is 11.6 Å². The van der Waals surface area contributed by atoms with Crippen LogP contribution in [-0.4, -0.2) is 6.54 Å². The molecule has 1 aromatic rings. The van der Waals surface area contributed by atoms with E-state index in [4.69, 9.17) is 5.73 Å². The van der Waals surface area contributed by atoms with Gasteiger partial charge in [-0.3, -0.25) is 0 Å². The van der Waals surface area contributed by atoms with Gasteiger partial charge in [0.2, 0.25) is 0 Å². The summed E-state index contributed by atoms with van der Waals surface area (Å²) in [5.74, 6) is -1.03. The predicted molar refractivity (Wildman–Crippen MR) is 51.4 cm³/mol. The number of benzene rings is 1. The lowest BCUT2D eigenvalue weighted by atomic mass is 10.1. The van der Waals surface area contributed by atoms with Crippen molar-refractivity contribution in [2.45, 2.75) is 12.8 Å². The van der Waals surface area contributed by atoms with Crippen LogP contribution in [0.1, 0.15) is 12.0 Å². The topological polar surface area (TPSA) is 26.0 Å². The van der Waals surface area contributed by atoms with Crippen LogP contribution in [0.5, 0.6) is 0 Å². The van der Waals surface area contributed by atoms with Crippen LogP contribution in [0, 0.1) is 11.6 Å². The molecule has 0 saturated carbocycles. The summed E-state index contributed by atoms with van der Waals surface area (Å²) in [6.07, 6.45) is 0.928. The smallest absolute Gasteiger partial charge is 0.143 e. The van der Waals surface area contributed by atoms with E-state index in [-0.39, 0.29) is 5.56 Å². The van der Waals surface area contributed by atoms with Crippen molar-refractivity contribution in [1.29, 1.82) is 0 Å². The Morgan fingerprint density at radius 3 is 2.62 bits per heavy atom. The Bertz CT molecular complexity index is 302. The van der Waals surface area contributed by atoms with E-state index < -0.39 is 11.6 Å². The minimum absolute atomic E-state index is 0.111. The van der Waals surface area contributed by atoms with E-state index in [0.717, 1.165) is 0 Å². The van der Waals surface area contributed by atoms with E-state index in [1.165, 1.54) is 12.1 Å². The van der Waals surface area contributed by atoms with Gasteiger partial charge in [0.05, 0.1) is 4.47 Å². The van der Waals surface area contributed by atoms with Crippen LogP contribution in [-0.2, 0) is 6.42 Å². The summed E-state index contributed by atoms with van der Waals surface area (Å²) in [7, 11) is 0. The van der Waals surface area contributed by atoms with E-state index in [0.29, 0.717) is 23.9 Å². The first kappa shape index (κ1) is 10.6. The van der Waals surface area contributed by atoms with E-state index >= 15 is 0 Å². The Hall–Kier alpha value is -0.480. The maximum atomic E-state index is 13.3. The fourth-order valence-corrected chi connectivity index (χ4v) is 1.45. The summed E-state index contributed by atoms with van der Waals surface area (Å²) in [5.41, 5.74) is 5.37. The first-order valence-electron chi connectivity index (χ1n) is 3.99. The molecule has 0 amide bonds. The van der Waals surface area contributed by atoms with E-state index in [9.17, 15) is 8.78 Å². The van der Waals surface area contributed by atoms with E-state index in [1.807, 2.05) is 0 Å². The number of rotatable bonds is 3. The molecule has 0 aliphatic carbocycles. The van der Waals surface area contributed by atoms with Gasteiger partial charge in [0.25, 0.3) is 0 Å². The summed E-state index contributed by atoms with van der Waals surface area (Å²) >= 11 is 3.00. The van der Waals surface area contributed by atoms with Crippen LogP contribution < -0.4 is 5.73 Å². The molecule has 1 rings (SSSR count). The van der Waals surface area contributed by atoms with E-state index in [2.05, 4.69) is 15.9 Å². The van der Waals surface area contributed by atoms with Gasteiger partial charge in [-0.15, -0.1) is 0 Å². The first-order chi connectivity index (χ1) is 6.16. The Morgan fingerprint density at radius 1 is 1.31 bits per heavy atom. The molecule has 2 N–H and O–H groups in total. The normalized spacial score (nSPS) is 10.5. The predicted octanol–water partition coefficient (Wildman–Crippen LogP) is 2.62. The fraction of sp³-hybridized carbons (Fsp3) is 0.333. The van der Waals surface area contributed by atoms with Crippen molar-refractivity contribution in [3.05, 3.63) is 33.8 Å². The monoisotopic (exact) mass is 249 g/mol. The molecule has 0 aromatic heterocycles. The second-order valence-corrected chi connectivity index (χ2v) is 3.57. The second kappa shape index (κ2) is 4.67. The Kier molecular flexibility index (Phi) is 3.81. The lowest BCUT2D eigenvalue weighted by molar-refractivity contribution is 0.547. The molecule has 0 aliphatic rings. The zero-order chi connectivity index (χ0) is 9.84. The maximum absolute atomic E-state index is 13.3. The zero-order valence-electron chi connectivity index (χ0n) is 6.99. The van der Waals surface area contributed by atoms with Gasteiger partial charge >= 0.3 is 0 Å². The third kappa shape index (κ3) is 2.48. The summed E-state index contributed by atoms with van der Waals surface area (Å²) in [6.45, 7) is 0.436. The Morgan fingerprint density at radius 2 is 2.00 bits per heavy atom. The zero-order valence-corrected chi connectivity index (χ0v) is 8.57. The van der Waals surface area contributed by atoms with Gasteiger partial charge in [-0.05, 0) is 47.4 Å². The molecule has 0 bridgehead atoms. The highest BCUT2D eigenvalue weighted by molar-refractivity contribution is 9.10. The van der Waals surface area contributed by atoms with Crippen LogP contribution in [0.3, 0.4) is 0 Å². The number of hydrogen-bond donors (Lipinski definition) is 1. The molecule has 4 heteroatoms. The molecule has 0 unspecified atom stereocenters. The van der Waals surface area contributed by atoms with Gasteiger partial charge in [0.15, 0.2) is 0 Å². The molecule has 0 radical (unpaired) electrons. The number of halogens is 3. The first-order valence-corrected chi connectivity index (χ1v) is 4.78. The van der Waals surface area contributed by atoms with Crippen molar-refractivity contribution in [1.82, 2.24) is 0 Å². The molecule has 13 heavy (non-hydrogen) atoms. The van der Waals surface area contributed by atoms with Gasteiger partial charge < -0.3 is 5.73 Å². The van der Waals surface area contributed by atoms with Crippen LogP contribution in [0.2, 0.25) is 0 Å². The molecular weight excluding hydrogens is 240 g/mol. The minimum atomic E-state index is -0.520. The highest BCUT2D eigenvalue weighted by atomic mass is 79.9. The summed E-state index contributed by atoms with van der Waals surface area (Å²) in [6, 6.07) is 2.61. The molecule has 0 atom stereocenters. The van der Waals surface area contributed by atoms with Crippen molar-refractivity contribution in [2.75, 3.05) is 6.54 Å². The lowest BCUT2D eigenvalue weighted by Gasteiger charge is -2.04. The highest BCUT2D eigenvalue weighted by Gasteiger charge is 2.10. The standard InChI is InChI=1S/C9H10BrF2N/c10-7-3-4-8(11)6(9(7)12)2-1-5-13/h3-4H,1-2,5,13H2. The summed E-state index contributed by atoms with van der Waals surface area (Å²) in [5, 5.41) is 0. The lowest BCUT2D eigenvalue weighted by Crippen LogP contribution is -2.03. The quantitative estimate of drug-likeness (QED) is 0.820. The van der Waals surface area contributed by atoms with Gasteiger partial charge in [-0.25, -0.2) is 8.78 Å². The SMILES string of the molecule is NCCCc1c(F)ccc(Br)c1F. The molecule has 0 saturated heterocycles. The summed E-state index contributed by atoms with van der Waals surface area (Å²) < 4.78 is 26.6. The summed E-state index contributed by atoms with van der Waals surface area (Å²) in [4.78, 5) is 0. The average Bonchev–Trinajstić information content (AvgIpc) is 2.12. The molecule has 0 heterocycles. The van der Waals surface area contributed by atoms with Crippen LogP contribution in [0.4, 0.5) is 8.78 Å². The van der Waals surface area contributed by atoms with Crippen molar-refractivity contribution < 1.29 is 8.78 Å². The van der Waals surface area contributed by atoms with E-state index in [1.54, 1.807) is 0 Å². The van der Waals surface area contributed by atoms with Gasteiger partial charge in [-0.1, -0.05) is 0 Å². The maximum Gasteiger partial charge on any atom is 0.143 e. The second-order valence-electron chi connectivity index (χ2n) is 2.71. The van der Waals surface area contributed by atoms with Crippen molar-refractivity contribution >= 4 is 15.9 Å². The molecule has 0 aliphatic heterocycles. The number of hydrogen-bond acceptors (Lipinski definition) is 1. The molecule has 72 valence electrons.